The fourth-order valence-electron chi connectivity index (χ4n) is 3.92. The third-order valence-corrected chi connectivity index (χ3v) is 6.56. The second-order valence-corrected chi connectivity index (χ2v) is 11.2. The predicted molar refractivity (Wildman–Crippen MR) is 136 cm³/mol. The van der Waals surface area contributed by atoms with Gasteiger partial charge in [-0.3, -0.25) is 9.56 Å². The number of rotatable bonds is 4. The van der Waals surface area contributed by atoms with Crippen LogP contribution in [0.2, 0.25) is 0 Å². The van der Waals surface area contributed by atoms with Gasteiger partial charge in [-0.05, 0) is 47.2 Å². The molecule has 4 aromatic rings. The molecule has 2 heterocycles. The Labute approximate surface area is 216 Å². The Hall–Kier alpha value is -2.57. The van der Waals surface area contributed by atoms with E-state index in [4.69, 9.17) is 9.41 Å². The highest BCUT2D eigenvalue weighted by molar-refractivity contribution is 7.07. The molecule has 4 rings (SSSR count). The van der Waals surface area contributed by atoms with E-state index < -0.39 is 0 Å². The van der Waals surface area contributed by atoms with E-state index in [2.05, 4.69) is 75.8 Å². The van der Waals surface area contributed by atoms with E-state index in [0.717, 1.165) is 38.6 Å². The Balaban J connectivity index is 0.00000324. The van der Waals surface area contributed by atoms with Crippen LogP contribution in [-0.2, 0) is 17.4 Å². The number of halogens is 1. The van der Waals surface area contributed by atoms with Crippen LogP contribution in [0.15, 0.2) is 75.7 Å². The molecule has 4 nitrogen and oxygen atoms in total. The summed E-state index contributed by atoms with van der Waals surface area (Å²) < 4.78 is 7.68. The number of para-hydroxylation sites is 1. The Morgan fingerprint density at radius 3 is 2.06 bits per heavy atom. The van der Waals surface area contributed by atoms with Crippen LogP contribution >= 0.6 is 11.3 Å². The summed E-state index contributed by atoms with van der Waals surface area (Å²) in [4.78, 5) is 5.77. The van der Waals surface area contributed by atoms with E-state index in [-0.39, 0.29) is 27.8 Å². The van der Waals surface area contributed by atoms with Gasteiger partial charge in [-0.2, -0.15) is 0 Å². The Bertz CT molecular complexity index is 1270. The number of phenolic OH excluding ortho intramolecular Hbond substituents is 1. The number of aromatic nitrogens is 1. The zero-order valence-electron chi connectivity index (χ0n) is 20.6. The van der Waals surface area contributed by atoms with Gasteiger partial charge in [0, 0.05) is 27.8 Å². The van der Waals surface area contributed by atoms with Crippen molar-refractivity contribution in [2.45, 2.75) is 58.9 Å². The summed E-state index contributed by atoms with van der Waals surface area (Å²) in [6, 6.07) is 18.4. The lowest BCUT2D eigenvalue weighted by Crippen LogP contribution is -3.00. The van der Waals surface area contributed by atoms with E-state index in [1.807, 2.05) is 30.3 Å². The highest BCUT2D eigenvalue weighted by atomic mass is 79.9. The van der Waals surface area contributed by atoms with Crippen LogP contribution in [0.3, 0.4) is 0 Å². The van der Waals surface area contributed by atoms with Crippen molar-refractivity contribution in [3.63, 3.8) is 0 Å². The molecule has 0 aliphatic heterocycles. The minimum absolute atomic E-state index is 0. The molecule has 0 saturated heterocycles. The van der Waals surface area contributed by atoms with Crippen molar-refractivity contribution in [3.05, 3.63) is 87.9 Å². The van der Waals surface area contributed by atoms with Gasteiger partial charge in [-0.25, -0.2) is 0 Å². The quantitative estimate of drug-likeness (QED) is 0.422. The normalized spacial score (nSPS) is 12.6. The highest BCUT2D eigenvalue weighted by Crippen LogP contribution is 2.42. The van der Waals surface area contributed by atoms with E-state index in [1.54, 1.807) is 17.6 Å². The molecule has 0 aliphatic carbocycles. The zero-order chi connectivity index (χ0) is 23.8. The number of phenols is 1. The lowest BCUT2D eigenvalue weighted by molar-refractivity contribution is -0.00000926. The molecule has 0 aliphatic rings. The number of furan rings is 1. The lowest BCUT2D eigenvalue weighted by atomic mass is 9.78. The molecule has 1 N–H and O–H groups in total. The first-order valence-electron chi connectivity index (χ1n) is 11.2. The van der Waals surface area contributed by atoms with Crippen molar-refractivity contribution >= 4 is 11.3 Å². The summed E-state index contributed by atoms with van der Waals surface area (Å²) in [6.45, 7) is 13.3. The van der Waals surface area contributed by atoms with Gasteiger partial charge in [0.15, 0.2) is 4.80 Å². The molecule has 6 heteroatoms. The van der Waals surface area contributed by atoms with Gasteiger partial charge in [-0.15, -0.1) is 11.3 Å². The second-order valence-electron chi connectivity index (χ2n) is 10.4. The zero-order valence-corrected chi connectivity index (χ0v) is 23.0. The monoisotopic (exact) mass is 539 g/mol. The summed E-state index contributed by atoms with van der Waals surface area (Å²) in [6.07, 6.45) is 1.68. The lowest BCUT2D eigenvalue weighted by Gasteiger charge is -2.28. The fraction of sp³-hybridized carbons (Fsp3) is 0.321. The van der Waals surface area contributed by atoms with Crippen molar-refractivity contribution in [2.24, 2.45) is 4.99 Å². The van der Waals surface area contributed by atoms with Crippen molar-refractivity contribution < 1.29 is 26.5 Å². The maximum absolute atomic E-state index is 11.2. The molecule has 0 atom stereocenters. The molecule has 2 aromatic heterocycles. The molecular formula is C28H32BrN2O2S-. The molecule has 0 unspecified atom stereocenters. The Morgan fingerprint density at radius 1 is 0.912 bits per heavy atom. The van der Waals surface area contributed by atoms with Gasteiger partial charge in [0.2, 0.25) is 0 Å². The molecule has 0 bridgehead atoms. The molecule has 34 heavy (non-hydrogen) atoms. The number of benzene rings is 2. The first-order chi connectivity index (χ1) is 15.6. The van der Waals surface area contributed by atoms with Crippen molar-refractivity contribution in [3.8, 4) is 22.7 Å². The smallest absolute Gasteiger partial charge is 0.190 e. The van der Waals surface area contributed by atoms with Crippen LogP contribution in [-0.4, -0.2) is 9.67 Å². The molecule has 180 valence electrons. The number of aromatic hydroxyl groups is 1. The second kappa shape index (κ2) is 9.96. The highest BCUT2D eigenvalue weighted by Gasteiger charge is 2.27. The first-order valence-corrected chi connectivity index (χ1v) is 12.1. The van der Waals surface area contributed by atoms with Crippen LogP contribution in [0.1, 0.15) is 58.4 Å². The number of hydrogen-bond acceptors (Lipinski definition) is 4. The van der Waals surface area contributed by atoms with Gasteiger partial charge in [0.25, 0.3) is 0 Å². The third-order valence-electron chi connectivity index (χ3n) is 5.69. The number of nitrogens with zero attached hydrogens (tertiary/aromatic N) is 2. The number of thiazole rings is 1. The molecule has 0 saturated carbocycles. The Morgan fingerprint density at radius 2 is 1.53 bits per heavy atom. The maximum atomic E-state index is 11.2. The van der Waals surface area contributed by atoms with E-state index in [0.29, 0.717) is 12.3 Å². The van der Waals surface area contributed by atoms with Gasteiger partial charge in [0.05, 0.1) is 12.0 Å². The summed E-state index contributed by atoms with van der Waals surface area (Å²) in [7, 11) is 0. The van der Waals surface area contributed by atoms with E-state index in [1.165, 1.54) is 0 Å². The van der Waals surface area contributed by atoms with Crippen LogP contribution in [0.5, 0.6) is 5.75 Å². The van der Waals surface area contributed by atoms with Crippen LogP contribution in [0.4, 0.5) is 0 Å². The van der Waals surface area contributed by atoms with Crippen molar-refractivity contribution in [1.82, 2.24) is 4.57 Å². The average molecular weight is 541 g/mol. The molecule has 0 radical (unpaired) electrons. The summed E-state index contributed by atoms with van der Waals surface area (Å²) in [5, 5.41) is 13.3. The Kier molecular flexibility index (Phi) is 7.63. The predicted octanol–water partition coefficient (Wildman–Crippen LogP) is 4.20. The van der Waals surface area contributed by atoms with Gasteiger partial charge in [0.1, 0.15) is 18.1 Å². The largest absolute Gasteiger partial charge is 1.00 e. The minimum atomic E-state index is -0.194. The average Bonchev–Trinajstić information content (AvgIpc) is 3.41. The number of hydrogen-bond donors (Lipinski definition) is 1. The SMILES string of the molecule is CC(C)(C)c1cc(-c2csc(=NCc3ccco3)n2-c2ccccc2)cc(C(C)(C)C)c1O.[Br-]. The summed E-state index contributed by atoms with van der Waals surface area (Å²) in [5.41, 5.74) is 4.69. The maximum Gasteiger partial charge on any atom is 0.190 e. The minimum Gasteiger partial charge on any atom is -1.00 e. The fourth-order valence-corrected chi connectivity index (χ4v) is 4.83. The van der Waals surface area contributed by atoms with Gasteiger partial charge >= 0.3 is 0 Å². The third kappa shape index (κ3) is 5.39. The summed E-state index contributed by atoms with van der Waals surface area (Å²) in [5.74, 6) is 1.22. The molecule has 2 aromatic carbocycles. The molecule has 0 spiro atoms. The van der Waals surface area contributed by atoms with Crippen molar-refractivity contribution in [1.29, 1.82) is 0 Å². The van der Waals surface area contributed by atoms with Crippen LogP contribution < -0.4 is 21.8 Å². The van der Waals surface area contributed by atoms with Crippen LogP contribution in [0.25, 0.3) is 16.9 Å². The molecular weight excluding hydrogens is 508 g/mol. The summed E-state index contributed by atoms with van der Waals surface area (Å²) >= 11 is 1.61. The van der Waals surface area contributed by atoms with E-state index >= 15 is 0 Å². The van der Waals surface area contributed by atoms with Gasteiger partial charge in [-0.1, -0.05) is 59.7 Å². The standard InChI is InChI=1S/C28H32N2O2S.BrH/c1-27(2,3)22-15-19(16-23(25(22)31)28(4,5)6)24-18-33-26(29-17-21-13-10-14-32-21)30(24)20-11-8-7-9-12-20;/h7-16,18,31H,17H2,1-6H3;1H/p-1. The van der Waals surface area contributed by atoms with Crippen molar-refractivity contribution in [2.75, 3.05) is 0 Å². The van der Waals surface area contributed by atoms with E-state index in [9.17, 15) is 5.11 Å². The molecule has 0 amide bonds. The first kappa shape index (κ1) is 26.0. The van der Waals surface area contributed by atoms with Crippen LogP contribution in [0, 0.1) is 0 Å². The topological polar surface area (TPSA) is 50.7 Å². The molecule has 0 fully saturated rings. The van der Waals surface area contributed by atoms with Gasteiger partial charge < -0.3 is 26.5 Å².